The lowest BCUT2D eigenvalue weighted by molar-refractivity contribution is -0.274. The number of nitrogens with zero attached hydrogens (tertiary/aromatic N) is 1. The molecule has 138 valence electrons. The lowest BCUT2D eigenvalue weighted by Crippen LogP contribution is -2.20. The smallest absolute Gasteiger partial charge is 0.410 e. The predicted octanol–water partition coefficient (Wildman–Crippen LogP) is 4.64. The summed E-state index contributed by atoms with van der Waals surface area (Å²) >= 11 is 11.4. The zero-order chi connectivity index (χ0) is 19.3. The highest BCUT2D eigenvalue weighted by atomic mass is 35.5. The fraction of sp³-hybridized carbons (Fsp3) is 0.125. The minimum atomic E-state index is -4.94. The maximum absolute atomic E-state index is 12.6. The molecule has 1 amide bonds. The number of carbonyl (C=O) groups is 1. The number of oxime groups is 1. The number of ether oxygens (including phenoxy) is 1. The van der Waals surface area contributed by atoms with Crippen molar-refractivity contribution in [2.75, 3.05) is 11.2 Å². The van der Waals surface area contributed by atoms with Gasteiger partial charge in [-0.15, -0.1) is 24.8 Å². The summed E-state index contributed by atoms with van der Waals surface area (Å²) < 4.78 is 41.9. The van der Waals surface area contributed by atoms with Gasteiger partial charge in [0.05, 0.1) is 5.69 Å². The Bertz CT molecular complexity index is 842. The predicted molar refractivity (Wildman–Crippen MR) is 91.4 cm³/mol. The number of alkyl halides is 4. The van der Waals surface area contributed by atoms with Crippen LogP contribution in [0, 0.1) is 0 Å². The molecule has 0 aromatic heterocycles. The topological polar surface area (TPSA) is 70.9 Å². The number of amides is 1. The van der Waals surface area contributed by atoms with Gasteiger partial charge in [-0.2, -0.15) is 0 Å². The summed E-state index contributed by atoms with van der Waals surface area (Å²) in [5.74, 6) is -1.49. The van der Waals surface area contributed by atoms with Crippen molar-refractivity contribution in [2.45, 2.75) is 6.36 Å². The average Bonchev–Trinajstić information content (AvgIpc) is 2.57. The molecule has 10 heteroatoms. The largest absolute Gasteiger partial charge is 0.573 e. The van der Waals surface area contributed by atoms with Crippen LogP contribution >= 0.6 is 23.2 Å². The first-order valence-corrected chi connectivity index (χ1v) is 7.89. The van der Waals surface area contributed by atoms with Crippen molar-refractivity contribution >= 4 is 40.5 Å². The molecule has 2 aromatic rings. The third kappa shape index (κ3) is 5.03. The molecule has 0 aliphatic rings. The molecular formula is C16H11Cl2F3N2O3. The van der Waals surface area contributed by atoms with Gasteiger partial charge < -0.3 is 15.3 Å². The van der Waals surface area contributed by atoms with Gasteiger partial charge in [0.1, 0.15) is 17.3 Å². The number of hydrogen-bond donors (Lipinski definition) is 2. The standard InChI is InChI=1S/C16H11Cl2F3N2O3/c17-8-14(24)22-12-6-5-9(18)7-11(12)15(23-25)10-3-1-2-4-13(10)26-16(19,20)21/h1-7,25H,8H2,(H,22,24)/b23-15+. The molecule has 0 aliphatic heterocycles. The molecule has 0 radical (unpaired) electrons. The van der Waals surface area contributed by atoms with Crippen LogP contribution in [0.3, 0.4) is 0 Å². The van der Waals surface area contributed by atoms with Crippen LogP contribution < -0.4 is 10.1 Å². The molecule has 2 N–H and O–H groups in total. The van der Waals surface area contributed by atoms with E-state index in [2.05, 4.69) is 15.2 Å². The first-order valence-electron chi connectivity index (χ1n) is 6.98. The molecule has 2 rings (SSSR count). The number of hydrogen-bond acceptors (Lipinski definition) is 4. The Kier molecular flexibility index (Phi) is 6.33. The molecule has 26 heavy (non-hydrogen) atoms. The third-order valence-corrected chi connectivity index (χ3v) is 3.58. The second-order valence-corrected chi connectivity index (χ2v) is 5.57. The van der Waals surface area contributed by atoms with Gasteiger partial charge in [0.25, 0.3) is 0 Å². The van der Waals surface area contributed by atoms with Crippen molar-refractivity contribution in [3.63, 3.8) is 0 Å². The van der Waals surface area contributed by atoms with Crippen LogP contribution in [0.5, 0.6) is 5.75 Å². The van der Waals surface area contributed by atoms with E-state index in [1.807, 2.05) is 0 Å². The first-order chi connectivity index (χ1) is 12.2. The molecule has 0 heterocycles. The molecule has 0 unspecified atom stereocenters. The highest BCUT2D eigenvalue weighted by Crippen LogP contribution is 2.31. The molecule has 5 nitrogen and oxygen atoms in total. The van der Waals surface area contributed by atoms with Crippen molar-refractivity contribution < 1.29 is 27.9 Å². The molecule has 0 saturated heterocycles. The highest BCUT2D eigenvalue weighted by Gasteiger charge is 2.33. The summed E-state index contributed by atoms with van der Waals surface area (Å²) in [5, 5.41) is 15.2. The van der Waals surface area contributed by atoms with Crippen LogP contribution in [0.15, 0.2) is 47.6 Å². The van der Waals surface area contributed by atoms with Gasteiger partial charge in [-0.1, -0.05) is 28.9 Å². The summed E-state index contributed by atoms with van der Waals surface area (Å²) in [6.45, 7) is 0. The number of benzene rings is 2. The lowest BCUT2D eigenvalue weighted by Gasteiger charge is -2.16. The Morgan fingerprint density at radius 1 is 1.19 bits per heavy atom. The zero-order valence-electron chi connectivity index (χ0n) is 12.8. The van der Waals surface area contributed by atoms with Gasteiger partial charge in [-0.3, -0.25) is 4.79 Å². The van der Waals surface area contributed by atoms with Crippen molar-refractivity contribution in [3.8, 4) is 5.75 Å². The SMILES string of the molecule is O=C(CCl)Nc1ccc(Cl)cc1/C(=N/O)c1ccccc1OC(F)(F)F. The van der Waals surface area contributed by atoms with Gasteiger partial charge >= 0.3 is 6.36 Å². The van der Waals surface area contributed by atoms with Gasteiger partial charge in [0.15, 0.2) is 0 Å². The maximum Gasteiger partial charge on any atom is 0.573 e. The third-order valence-electron chi connectivity index (χ3n) is 3.10. The fourth-order valence-corrected chi connectivity index (χ4v) is 2.37. The fourth-order valence-electron chi connectivity index (χ4n) is 2.13. The van der Waals surface area contributed by atoms with Gasteiger partial charge in [-0.05, 0) is 30.3 Å². The molecule has 2 aromatic carbocycles. The van der Waals surface area contributed by atoms with E-state index in [4.69, 9.17) is 23.2 Å². The van der Waals surface area contributed by atoms with Gasteiger partial charge in [-0.25, -0.2) is 0 Å². The summed E-state index contributed by atoms with van der Waals surface area (Å²) in [6.07, 6.45) is -4.94. The van der Waals surface area contributed by atoms with E-state index in [0.29, 0.717) is 0 Å². The quantitative estimate of drug-likeness (QED) is 0.328. The Labute approximate surface area is 156 Å². The van der Waals surface area contributed by atoms with E-state index in [0.717, 1.165) is 6.07 Å². The number of nitrogens with one attached hydrogen (secondary N) is 1. The molecule has 0 saturated carbocycles. The van der Waals surface area contributed by atoms with E-state index in [9.17, 15) is 23.2 Å². The monoisotopic (exact) mass is 406 g/mol. The average molecular weight is 407 g/mol. The van der Waals surface area contributed by atoms with E-state index in [1.54, 1.807) is 0 Å². The number of carbonyl (C=O) groups excluding carboxylic acids is 1. The maximum atomic E-state index is 12.6. The summed E-state index contributed by atoms with van der Waals surface area (Å²) in [5.41, 5.74) is -0.209. The summed E-state index contributed by atoms with van der Waals surface area (Å²) in [4.78, 5) is 11.6. The van der Waals surface area contributed by atoms with Crippen molar-refractivity contribution in [2.24, 2.45) is 5.16 Å². The van der Waals surface area contributed by atoms with Crippen molar-refractivity contribution in [3.05, 3.63) is 58.6 Å². The normalized spacial score (nSPS) is 12.0. The first kappa shape index (κ1) is 19.9. The van der Waals surface area contributed by atoms with Gasteiger partial charge in [0.2, 0.25) is 5.91 Å². The number of halogens is 5. The number of rotatable bonds is 5. The molecule has 0 aliphatic carbocycles. The second kappa shape index (κ2) is 8.29. The summed E-state index contributed by atoms with van der Waals surface area (Å²) in [7, 11) is 0. The number of para-hydroxylation sites is 1. The molecule has 0 fully saturated rings. The minimum Gasteiger partial charge on any atom is -0.410 e. The Balaban J connectivity index is 2.57. The van der Waals surface area contributed by atoms with E-state index in [1.165, 1.54) is 36.4 Å². The Morgan fingerprint density at radius 3 is 2.50 bits per heavy atom. The van der Waals surface area contributed by atoms with Crippen molar-refractivity contribution in [1.29, 1.82) is 0 Å². The van der Waals surface area contributed by atoms with Crippen LogP contribution in [0.4, 0.5) is 18.9 Å². The molecule has 0 spiro atoms. The number of anilines is 1. The summed E-state index contributed by atoms with van der Waals surface area (Å²) in [6, 6.07) is 9.27. The van der Waals surface area contributed by atoms with Crippen LogP contribution in [-0.2, 0) is 4.79 Å². The molecule has 0 bridgehead atoms. The van der Waals surface area contributed by atoms with Crippen LogP contribution in [0.1, 0.15) is 11.1 Å². The highest BCUT2D eigenvalue weighted by molar-refractivity contribution is 6.32. The van der Waals surface area contributed by atoms with E-state index >= 15 is 0 Å². The van der Waals surface area contributed by atoms with Crippen LogP contribution in [-0.4, -0.2) is 29.1 Å². The minimum absolute atomic E-state index is 0.0803. The van der Waals surface area contributed by atoms with Crippen LogP contribution in [0.2, 0.25) is 5.02 Å². The van der Waals surface area contributed by atoms with Crippen molar-refractivity contribution in [1.82, 2.24) is 0 Å². The van der Waals surface area contributed by atoms with Gasteiger partial charge in [0, 0.05) is 16.1 Å². The lowest BCUT2D eigenvalue weighted by atomic mass is 9.99. The second-order valence-electron chi connectivity index (χ2n) is 4.86. The molecular weight excluding hydrogens is 396 g/mol. The zero-order valence-corrected chi connectivity index (χ0v) is 14.4. The van der Waals surface area contributed by atoms with E-state index in [-0.39, 0.29) is 33.4 Å². The van der Waals surface area contributed by atoms with E-state index < -0.39 is 18.0 Å². The molecule has 0 atom stereocenters. The Morgan fingerprint density at radius 2 is 1.88 bits per heavy atom. The Hall–Kier alpha value is -2.45. The van der Waals surface area contributed by atoms with Crippen LogP contribution in [0.25, 0.3) is 0 Å².